The first-order chi connectivity index (χ1) is 9.75. The summed E-state index contributed by atoms with van der Waals surface area (Å²) in [7, 11) is 0. The maximum atomic E-state index is 12.4. The first-order valence-corrected chi connectivity index (χ1v) is 7.38. The monoisotopic (exact) mass is 277 g/mol. The summed E-state index contributed by atoms with van der Waals surface area (Å²) in [6.45, 7) is 5.23. The number of hydrogen-bond acceptors (Lipinski definition) is 5. The van der Waals surface area contributed by atoms with Gasteiger partial charge in [0.2, 0.25) is 11.8 Å². The number of nitrogens with one attached hydrogen (secondary N) is 1. The third-order valence-electron chi connectivity index (χ3n) is 4.85. The number of imide groups is 1. The van der Waals surface area contributed by atoms with E-state index < -0.39 is 0 Å². The van der Waals surface area contributed by atoms with Gasteiger partial charge in [-0.1, -0.05) is 12.2 Å². The maximum absolute atomic E-state index is 12.4. The number of rotatable bonds is 3. The fourth-order valence-electron chi connectivity index (χ4n) is 3.76. The number of hydrogen-bond donors (Lipinski definition) is 1. The average molecular weight is 277 g/mol. The predicted octanol–water partition coefficient (Wildman–Crippen LogP) is -1.17. The highest BCUT2D eigenvalue weighted by molar-refractivity contribution is 6.06. The fraction of sp³-hybridized carbons (Fsp3) is 0.714. The van der Waals surface area contributed by atoms with Gasteiger partial charge in [-0.25, -0.2) is 0 Å². The maximum Gasteiger partial charge on any atom is 0.236 e. The number of carbonyl (C=O) groups is 2. The molecule has 2 amide bonds. The molecule has 6 nitrogen and oxygen atoms in total. The molecule has 3 saturated heterocycles. The summed E-state index contributed by atoms with van der Waals surface area (Å²) in [5.41, 5.74) is 0. The van der Waals surface area contributed by atoms with E-state index in [-0.39, 0.29) is 35.9 Å². The number of amides is 2. The molecule has 0 spiro atoms. The van der Waals surface area contributed by atoms with Gasteiger partial charge in [0, 0.05) is 39.3 Å². The summed E-state index contributed by atoms with van der Waals surface area (Å²) in [6, 6.07) is 0. The van der Waals surface area contributed by atoms with Crippen molar-refractivity contribution in [3.63, 3.8) is 0 Å². The summed E-state index contributed by atoms with van der Waals surface area (Å²) in [4.78, 5) is 28.6. The zero-order valence-electron chi connectivity index (χ0n) is 11.3. The Morgan fingerprint density at radius 2 is 1.65 bits per heavy atom. The van der Waals surface area contributed by atoms with Crippen molar-refractivity contribution in [1.29, 1.82) is 0 Å². The SMILES string of the molecule is O=C1[C@@H]2[C@H](C(=O)N1CCN1CCNCC1)[C@H]1C=C[C@@H]2O1. The molecule has 108 valence electrons. The molecule has 20 heavy (non-hydrogen) atoms. The number of carbonyl (C=O) groups excluding carboxylic acids is 2. The van der Waals surface area contributed by atoms with Gasteiger partial charge >= 0.3 is 0 Å². The van der Waals surface area contributed by atoms with Crippen LogP contribution < -0.4 is 5.32 Å². The van der Waals surface area contributed by atoms with Gasteiger partial charge in [0.1, 0.15) is 0 Å². The third-order valence-corrected chi connectivity index (χ3v) is 4.85. The Kier molecular flexibility index (Phi) is 2.90. The lowest BCUT2D eigenvalue weighted by Crippen LogP contribution is -2.47. The van der Waals surface area contributed by atoms with Crippen LogP contribution in [0.4, 0.5) is 0 Å². The van der Waals surface area contributed by atoms with Crippen LogP contribution in [-0.4, -0.2) is 73.1 Å². The number of ether oxygens (including phenoxy) is 1. The Morgan fingerprint density at radius 1 is 1.05 bits per heavy atom. The lowest BCUT2D eigenvalue weighted by Gasteiger charge is -2.28. The number of fused-ring (bicyclic) bond motifs is 5. The van der Waals surface area contributed by atoms with Gasteiger partial charge in [0.05, 0.1) is 24.0 Å². The summed E-state index contributed by atoms with van der Waals surface area (Å²) < 4.78 is 5.62. The second-order valence-corrected chi connectivity index (χ2v) is 5.92. The van der Waals surface area contributed by atoms with Gasteiger partial charge in [-0.3, -0.25) is 19.4 Å². The smallest absolute Gasteiger partial charge is 0.236 e. The van der Waals surface area contributed by atoms with Crippen LogP contribution in [0.15, 0.2) is 12.2 Å². The molecule has 4 heterocycles. The molecule has 4 atom stereocenters. The van der Waals surface area contributed by atoms with E-state index in [2.05, 4.69) is 10.2 Å². The van der Waals surface area contributed by atoms with Crippen LogP contribution in [0.5, 0.6) is 0 Å². The van der Waals surface area contributed by atoms with E-state index in [0.29, 0.717) is 6.54 Å². The van der Waals surface area contributed by atoms with Crippen LogP contribution in [-0.2, 0) is 14.3 Å². The molecule has 0 unspecified atom stereocenters. The number of piperazine rings is 1. The van der Waals surface area contributed by atoms with Gasteiger partial charge in [0.15, 0.2) is 0 Å². The van der Waals surface area contributed by atoms with E-state index in [4.69, 9.17) is 4.74 Å². The molecular formula is C14H19N3O3. The van der Waals surface area contributed by atoms with Crippen molar-refractivity contribution >= 4 is 11.8 Å². The minimum atomic E-state index is -0.263. The van der Waals surface area contributed by atoms with E-state index in [9.17, 15) is 9.59 Å². The third kappa shape index (κ3) is 1.75. The second-order valence-electron chi connectivity index (χ2n) is 5.92. The fourth-order valence-corrected chi connectivity index (χ4v) is 3.76. The van der Waals surface area contributed by atoms with Crippen LogP contribution >= 0.6 is 0 Å². The van der Waals surface area contributed by atoms with Gasteiger partial charge in [-0.15, -0.1) is 0 Å². The molecular weight excluding hydrogens is 258 g/mol. The normalized spacial score (nSPS) is 39.9. The molecule has 0 aliphatic carbocycles. The minimum Gasteiger partial charge on any atom is -0.365 e. The van der Waals surface area contributed by atoms with E-state index >= 15 is 0 Å². The number of likely N-dealkylation sites (tertiary alicyclic amines) is 1. The van der Waals surface area contributed by atoms with Crippen molar-refractivity contribution in [2.24, 2.45) is 11.8 Å². The molecule has 0 radical (unpaired) electrons. The van der Waals surface area contributed by atoms with Crippen molar-refractivity contribution in [1.82, 2.24) is 15.1 Å². The van der Waals surface area contributed by atoms with Gasteiger partial charge < -0.3 is 10.1 Å². The van der Waals surface area contributed by atoms with E-state index in [1.165, 1.54) is 4.90 Å². The van der Waals surface area contributed by atoms with Crippen molar-refractivity contribution in [2.45, 2.75) is 12.2 Å². The largest absolute Gasteiger partial charge is 0.365 e. The van der Waals surface area contributed by atoms with Crippen LogP contribution in [0.3, 0.4) is 0 Å². The molecule has 4 aliphatic rings. The average Bonchev–Trinajstić information content (AvgIpc) is 3.13. The van der Waals surface area contributed by atoms with Crippen molar-refractivity contribution in [3.8, 4) is 0 Å². The Hall–Kier alpha value is -1.24. The van der Waals surface area contributed by atoms with E-state index in [1.807, 2.05) is 12.2 Å². The topological polar surface area (TPSA) is 61.9 Å². The molecule has 3 fully saturated rings. The molecule has 1 N–H and O–H groups in total. The minimum absolute atomic E-state index is 0.0352. The quantitative estimate of drug-likeness (QED) is 0.520. The lowest BCUT2D eigenvalue weighted by molar-refractivity contribution is -0.142. The molecule has 6 heteroatoms. The van der Waals surface area contributed by atoms with Crippen LogP contribution in [0.1, 0.15) is 0 Å². The van der Waals surface area contributed by atoms with Crippen LogP contribution in [0.2, 0.25) is 0 Å². The van der Waals surface area contributed by atoms with Crippen molar-refractivity contribution in [3.05, 3.63) is 12.2 Å². The lowest BCUT2D eigenvalue weighted by atomic mass is 9.85. The zero-order chi connectivity index (χ0) is 13.7. The van der Waals surface area contributed by atoms with Crippen LogP contribution in [0.25, 0.3) is 0 Å². The zero-order valence-corrected chi connectivity index (χ0v) is 11.3. The molecule has 0 aromatic carbocycles. The van der Waals surface area contributed by atoms with Crippen LogP contribution in [0, 0.1) is 11.8 Å². The highest BCUT2D eigenvalue weighted by atomic mass is 16.5. The molecule has 2 bridgehead atoms. The summed E-state index contributed by atoms with van der Waals surface area (Å²) >= 11 is 0. The first-order valence-electron chi connectivity index (χ1n) is 7.38. The molecule has 0 aromatic heterocycles. The standard InChI is InChI=1S/C14H19N3O3/c18-13-11-9-1-2-10(20-9)12(11)14(19)17(13)8-7-16-5-3-15-4-6-16/h1-2,9-12,15H,3-8H2/t9-,10+,11-,12+. The van der Waals surface area contributed by atoms with E-state index in [0.717, 1.165) is 32.7 Å². The highest BCUT2D eigenvalue weighted by Crippen LogP contribution is 2.44. The Bertz CT molecular complexity index is 442. The highest BCUT2D eigenvalue weighted by Gasteiger charge is 2.60. The first kappa shape index (κ1) is 12.5. The number of nitrogens with zero attached hydrogens (tertiary/aromatic N) is 2. The summed E-state index contributed by atoms with van der Waals surface area (Å²) in [5, 5.41) is 3.30. The summed E-state index contributed by atoms with van der Waals surface area (Å²) in [5.74, 6) is -0.597. The predicted molar refractivity (Wildman–Crippen MR) is 70.8 cm³/mol. The van der Waals surface area contributed by atoms with E-state index in [1.54, 1.807) is 0 Å². The van der Waals surface area contributed by atoms with Gasteiger partial charge in [0.25, 0.3) is 0 Å². The summed E-state index contributed by atoms with van der Waals surface area (Å²) in [6.07, 6.45) is 3.50. The Labute approximate surface area is 117 Å². The molecule has 0 aromatic rings. The molecule has 0 saturated carbocycles. The van der Waals surface area contributed by atoms with Gasteiger partial charge in [-0.2, -0.15) is 0 Å². The molecule has 4 rings (SSSR count). The van der Waals surface area contributed by atoms with Gasteiger partial charge in [-0.05, 0) is 0 Å². The Balaban J connectivity index is 1.42. The van der Waals surface area contributed by atoms with Crippen molar-refractivity contribution < 1.29 is 14.3 Å². The second kappa shape index (κ2) is 4.65. The van der Waals surface area contributed by atoms with Crippen molar-refractivity contribution in [2.75, 3.05) is 39.3 Å². The Morgan fingerprint density at radius 3 is 2.25 bits per heavy atom. The molecule has 4 aliphatic heterocycles.